The number of aromatic amines is 1. The smallest absolute Gasteiger partial charge is 0.0990 e. The molecular weight excluding hydrogens is 248 g/mol. The first-order valence-electron chi connectivity index (χ1n) is 7.23. The van der Waals surface area contributed by atoms with E-state index in [1.54, 1.807) is 0 Å². The molecule has 0 saturated heterocycles. The summed E-state index contributed by atoms with van der Waals surface area (Å²) >= 11 is 0. The fourth-order valence-corrected chi connectivity index (χ4v) is 3.15. The third kappa shape index (κ3) is 1.61. The van der Waals surface area contributed by atoms with Gasteiger partial charge in [-0.25, -0.2) is 0 Å². The molecule has 20 heavy (non-hydrogen) atoms. The zero-order valence-electron chi connectivity index (χ0n) is 11.6. The van der Waals surface area contributed by atoms with Crippen molar-refractivity contribution in [3.63, 3.8) is 0 Å². The lowest BCUT2D eigenvalue weighted by Crippen LogP contribution is -2.23. The van der Waals surface area contributed by atoms with E-state index in [0.717, 1.165) is 31.7 Å². The summed E-state index contributed by atoms with van der Waals surface area (Å²) in [5.74, 6) is 0. The van der Waals surface area contributed by atoms with Crippen LogP contribution >= 0.6 is 0 Å². The Morgan fingerprint density at radius 3 is 3.10 bits per heavy atom. The van der Waals surface area contributed by atoms with Crippen LogP contribution in [0.3, 0.4) is 0 Å². The molecule has 4 rings (SSSR count). The Labute approximate surface area is 117 Å². The van der Waals surface area contributed by atoms with Gasteiger partial charge >= 0.3 is 0 Å². The molecule has 102 valence electrons. The van der Waals surface area contributed by atoms with Crippen LogP contribution in [-0.2, 0) is 19.5 Å². The topological polar surface area (TPSA) is 45.6 Å². The second-order valence-electron chi connectivity index (χ2n) is 5.30. The van der Waals surface area contributed by atoms with Crippen molar-refractivity contribution in [2.75, 3.05) is 6.54 Å². The number of hydrogen-bond donors (Lipinski definition) is 2. The van der Waals surface area contributed by atoms with Crippen LogP contribution in [-0.4, -0.2) is 21.3 Å². The number of para-hydroxylation sites is 1. The first-order chi connectivity index (χ1) is 9.88. The average Bonchev–Trinajstić information content (AvgIpc) is 3.08. The van der Waals surface area contributed by atoms with Crippen molar-refractivity contribution < 1.29 is 0 Å². The second-order valence-corrected chi connectivity index (χ2v) is 5.30. The van der Waals surface area contributed by atoms with Crippen molar-refractivity contribution in [3.8, 4) is 11.3 Å². The maximum Gasteiger partial charge on any atom is 0.0990 e. The molecule has 3 aromatic rings. The lowest BCUT2D eigenvalue weighted by Gasteiger charge is -2.12. The van der Waals surface area contributed by atoms with E-state index in [0.29, 0.717) is 0 Å². The summed E-state index contributed by atoms with van der Waals surface area (Å²) < 4.78 is 2.29. The van der Waals surface area contributed by atoms with Crippen molar-refractivity contribution >= 4 is 10.9 Å². The number of nitrogens with one attached hydrogen (secondary N) is 2. The van der Waals surface area contributed by atoms with Crippen LogP contribution in [0.15, 0.2) is 30.5 Å². The van der Waals surface area contributed by atoms with Crippen molar-refractivity contribution in [2.45, 2.75) is 26.4 Å². The van der Waals surface area contributed by atoms with E-state index in [1.165, 1.54) is 27.7 Å². The maximum atomic E-state index is 4.59. The quantitative estimate of drug-likeness (QED) is 0.749. The summed E-state index contributed by atoms with van der Waals surface area (Å²) in [6, 6.07) is 8.57. The largest absolute Gasteiger partial charge is 0.347 e. The van der Waals surface area contributed by atoms with Crippen LogP contribution in [0.1, 0.15) is 18.2 Å². The molecule has 0 spiro atoms. The highest BCUT2D eigenvalue weighted by atomic mass is 15.1. The summed E-state index contributed by atoms with van der Waals surface area (Å²) in [7, 11) is 0. The summed E-state index contributed by atoms with van der Waals surface area (Å²) in [5.41, 5.74) is 6.24. The molecule has 4 nitrogen and oxygen atoms in total. The van der Waals surface area contributed by atoms with Crippen LogP contribution in [0, 0.1) is 0 Å². The number of H-pyrrole nitrogens is 1. The Hall–Kier alpha value is -2.07. The summed E-state index contributed by atoms with van der Waals surface area (Å²) in [6.07, 6.45) is 3.27. The molecule has 1 aromatic carbocycles. The Bertz CT molecular complexity index is 766. The van der Waals surface area contributed by atoms with Gasteiger partial charge in [0.2, 0.25) is 0 Å². The van der Waals surface area contributed by atoms with Gasteiger partial charge in [0, 0.05) is 60.0 Å². The number of aryl methyl sites for hydroxylation is 1. The first kappa shape index (κ1) is 11.7. The fourth-order valence-electron chi connectivity index (χ4n) is 3.15. The van der Waals surface area contributed by atoms with Crippen molar-refractivity contribution in [3.05, 3.63) is 41.7 Å². The summed E-state index contributed by atoms with van der Waals surface area (Å²) in [5, 5.41) is 12.5. The third-order valence-electron chi connectivity index (χ3n) is 4.19. The van der Waals surface area contributed by atoms with E-state index < -0.39 is 0 Å². The first-order valence-corrected chi connectivity index (χ1v) is 7.23. The van der Waals surface area contributed by atoms with Crippen LogP contribution in [0.25, 0.3) is 22.2 Å². The highest BCUT2D eigenvalue weighted by Crippen LogP contribution is 2.33. The van der Waals surface area contributed by atoms with Gasteiger partial charge in [-0.15, -0.1) is 0 Å². The van der Waals surface area contributed by atoms with E-state index >= 15 is 0 Å². The number of fused-ring (bicyclic) bond motifs is 2. The Kier molecular flexibility index (Phi) is 2.63. The zero-order valence-corrected chi connectivity index (χ0v) is 11.6. The highest BCUT2D eigenvalue weighted by Gasteiger charge is 2.20. The summed E-state index contributed by atoms with van der Waals surface area (Å²) in [4.78, 5) is 0. The molecular formula is C16H18N4. The van der Waals surface area contributed by atoms with Gasteiger partial charge < -0.3 is 9.88 Å². The third-order valence-corrected chi connectivity index (χ3v) is 4.19. The predicted molar refractivity (Wildman–Crippen MR) is 80.6 cm³/mol. The molecule has 1 aliphatic heterocycles. The molecule has 0 atom stereocenters. The van der Waals surface area contributed by atoms with Gasteiger partial charge in [-0.2, -0.15) is 5.10 Å². The number of hydrogen-bond acceptors (Lipinski definition) is 2. The van der Waals surface area contributed by atoms with E-state index in [1.807, 2.05) is 0 Å². The maximum absolute atomic E-state index is 4.59. The Morgan fingerprint density at radius 2 is 2.20 bits per heavy atom. The number of aromatic nitrogens is 3. The van der Waals surface area contributed by atoms with E-state index in [4.69, 9.17) is 0 Å². The van der Waals surface area contributed by atoms with Crippen LogP contribution in [0.2, 0.25) is 0 Å². The van der Waals surface area contributed by atoms with Gasteiger partial charge in [-0.05, 0) is 13.0 Å². The van der Waals surface area contributed by atoms with E-state index in [9.17, 15) is 0 Å². The van der Waals surface area contributed by atoms with Gasteiger partial charge in [0.05, 0.1) is 5.69 Å². The van der Waals surface area contributed by atoms with Crippen LogP contribution in [0.5, 0.6) is 0 Å². The van der Waals surface area contributed by atoms with Gasteiger partial charge in [-0.1, -0.05) is 18.2 Å². The van der Waals surface area contributed by atoms with Gasteiger partial charge in [0.15, 0.2) is 0 Å². The van der Waals surface area contributed by atoms with Crippen LogP contribution in [0.4, 0.5) is 0 Å². The molecule has 4 heteroatoms. The molecule has 0 bridgehead atoms. The standard InChI is InChI=1S/C16H18N4/c1-2-20-10-13(11-5-3-4-6-15(11)20)16-12-9-17-8-7-14(12)18-19-16/h3-6,10,17H,2,7-9H2,1H3,(H,18,19). The molecule has 0 aliphatic carbocycles. The van der Waals surface area contributed by atoms with E-state index in [2.05, 4.69) is 57.5 Å². The minimum Gasteiger partial charge on any atom is -0.347 e. The molecule has 0 unspecified atom stereocenters. The molecule has 2 aromatic heterocycles. The van der Waals surface area contributed by atoms with E-state index in [-0.39, 0.29) is 0 Å². The highest BCUT2D eigenvalue weighted by molar-refractivity contribution is 5.96. The SMILES string of the molecule is CCn1cc(-c2n[nH]c3c2CNCC3)c2ccccc21. The number of benzene rings is 1. The zero-order chi connectivity index (χ0) is 13.5. The van der Waals surface area contributed by atoms with Crippen molar-refractivity contribution in [1.29, 1.82) is 0 Å². The second kappa shape index (κ2) is 4.49. The van der Waals surface area contributed by atoms with Gasteiger partial charge in [-0.3, -0.25) is 5.10 Å². The number of rotatable bonds is 2. The molecule has 2 N–H and O–H groups in total. The minimum atomic E-state index is 0.910. The molecule has 0 amide bonds. The van der Waals surface area contributed by atoms with Gasteiger partial charge in [0.25, 0.3) is 0 Å². The lowest BCUT2D eigenvalue weighted by molar-refractivity contribution is 0.637. The molecule has 0 fully saturated rings. The monoisotopic (exact) mass is 266 g/mol. The predicted octanol–water partition coefficient (Wildman–Crippen LogP) is 2.70. The van der Waals surface area contributed by atoms with Gasteiger partial charge in [0.1, 0.15) is 0 Å². The Balaban J connectivity index is 1.96. The molecule has 1 aliphatic rings. The summed E-state index contributed by atoms with van der Waals surface area (Å²) in [6.45, 7) is 5.10. The normalized spacial score (nSPS) is 14.7. The lowest BCUT2D eigenvalue weighted by atomic mass is 10.0. The fraction of sp³-hybridized carbons (Fsp3) is 0.312. The average molecular weight is 266 g/mol. The Morgan fingerprint density at radius 1 is 1.30 bits per heavy atom. The molecule has 0 saturated carbocycles. The van der Waals surface area contributed by atoms with Crippen LogP contribution < -0.4 is 5.32 Å². The minimum absolute atomic E-state index is 0.910. The number of nitrogens with zero attached hydrogens (tertiary/aromatic N) is 2. The van der Waals surface area contributed by atoms with Crippen molar-refractivity contribution in [2.24, 2.45) is 0 Å². The van der Waals surface area contributed by atoms with Crippen molar-refractivity contribution in [1.82, 2.24) is 20.1 Å². The molecule has 0 radical (unpaired) electrons. The molecule has 3 heterocycles.